The second-order valence-electron chi connectivity index (χ2n) is 6.79. The van der Waals surface area contributed by atoms with Crippen molar-refractivity contribution in [1.29, 1.82) is 0 Å². The van der Waals surface area contributed by atoms with Crippen molar-refractivity contribution in [2.45, 2.75) is 19.3 Å². The Balaban J connectivity index is 1.56. The molecule has 148 valence electrons. The van der Waals surface area contributed by atoms with E-state index in [-0.39, 0.29) is 5.75 Å². The Morgan fingerprint density at radius 1 is 0.897 bits per heavy atom. The summed E-state index contributed by atoms with van der Waals surface area (Å²) in [7, 11) is 0. The van der Waals surface area contributed by atoms with Crippen LogP contribution in [-0.2, 0) is 0 Å². The third-order valence-corrected chi connectivity index (χ3v) is 4.54. The van der Waals surface area contributed by atoms with Crippen molar-refractivity contribution in [3.8, 4) is 5.75 Å². The molecular formula is C21H23N7O. The molecule has 0 bridgehead atoms. The molecule has 8 heteroatoms. The van der Waals surface area contributed by atoms with Gasteiger partial charge in [-0.2, -0.15) is 20.1 Å². The van der Waals surface area contributed by atoms with Crippen LogP contribution in [0.3, 0.4) is 0 Å². The van der Waals surface area contributed by atoms with Crippen molar-refractivity contribution in [3.05, 3.63) is 60.2 Å². The maximum Gasteiger partial charge on any atom is 0.250 e. The molecule has 0 saturated carbocycles. The lowest BCUT2D eigenvalue weighted by atomic mass is 10.1. The van der Waals surface area contributed by atoms with E-state index >= 15 is 0 Å². The van der Waals surface area contributed by atoms with Gasteiger partial charge in [0.2, 0.25) is 17.8 Å². The number of piperidine rings is 1. The second kappa shape index (κ2) is 9.01. The number of nitrogens with one attached hydrogen (secondary N) is 2. The van der Waals surface area contributed by atoms with Gasteiger partial charge in [0, 0.05) is 18.8 Å². The smallest absolute Gasteiger partial charge is 0.250 e. The van der Waals surface area contributed by atoms with Crippen LogP contribution >= 0.6 is 0 Å². The Labute approximate surface area is 169 Å². The SMILES string of the molecule is Oc1cccc(/C=N/Nc2nc(Nc3ccccc3)nc(N3CCCCC3)n2)c1. The van der Waals surface area contributed by atoms with Gasteiger partial charge in [-0.3, -0.25) is 0 Å². The van der Waals surface area contributed by atoms with Crippen LogP contribution in [-0.4, -0.2) is 39.4 Å². The van der Waals surface area contributed by atoms with Crippen LogP contribution in [0.2, 0.25) is 0 Å². The number of hydrazone groups is 1. The van der Waals surface area contributed by atoms with Crippen LogP contribution in [0.25, 0.3) is 0 Å². The average molecular weight is 389 g/mol. The zero-order chi connectivity index (χ0) is 19.9. The predicted octanol–water partition coefficient (Wildman–Crippen LogP) is 3.76. The maximum atomic E-state index is 9.56. The molecule has 1 aromatic heterocycles. The maximum absolute atomic E-state index is 9.56. The number of benzene rings is 2. The standard InChI is InChI=1S/C21H23N7O/c29-18-11-7-8-16(14-18)15-22-27-20-24-19(23-17-9-3-1-4-10-17)25-21(26-20)28-12-5-2-6-13-28/h1,3-4,7-11,14-15,29H,2,5-6,12-13H2,(H2,23,24,25,26,27)/b22-15+. The third-order valence-electron chi connectivity index (χ3n) is 4.54. The van der Waals surface area contributed by atoms with Gasteiger partial charge in [0.25, 0.3) is 0 Å². The highest BCUT2D eigenvalue weighted by molar-refractivity contribution is 5.80. The van der Waals surface area contributed by atoms with Gasteiger partial charge in [0.15, 0.2) is 0 Å². The van der Waals surface area contributed by atoms with E-state index in [0.29, 0.717) is 17.8 Å². The highest BCUT2D eigenvalue weighted by atomic mass is 16.3. The fourth-order valence-electron chi connectivity index (χ4n) is 3.13. The Morgan fingerprint density at radius 2 is 1.69 bits per heavy atom. The molecule has 29 heavy (non-hydrogen) atoms. The second-order valence-corrected chi connectivity index (χ2v) is 6.79. The van der Waals surface area contributed by atoms with Gasteiger partial charge in [0.05, 0.1) is 6.21 Å². The van der Waals surface area contributed by atoms with E-state index in [0.717, 1.165) is 37.2 Å². The molecule has 3 N–H and O–H groups in total. The summed E-state index contributed by atoms with van der Waals surface area (Å²) >= 11 is 0. The number of aromatic nitrogens is 3. The molecule has 1 aliphatic rings. The van der Waals surface area contributed by atoms with E-state index in [1.807, 2.05) is 36.4 Å². The third kappa shape index (κ3) is 5.19. The van der Waals surface area contributed by atoms with E-state index in [4.69, 9.17) is 0 Å². The predicted molar refractivity (Wildman–Crippen MR) is 115 cm³/mol. The van der Waals surface area contributed by atoms with Gasteiger partial charge in [-0.1, -0.05) is 30.3 Å². The van der Waals surface area contributed by atoms with Crippen LogP contribution in [0.15, 0.2) is 59.7 Å². The fraction of sp³-hybridized carbons (Fsp3) is 0.238. The molecular weight excluding hydrogens is 366 g/mol. The Kier molecular flexibility index (Phi) is 5.80. The van der Waals surface area contributed by atoms with Crippen molar-refractivity contribution in [3.63, 3.8) is 0 Å². The fourth-order valence-corrected chi connectivity index (χ4v) is 3.13. The number of nitrogens with zero attached hydrogens (tertiary/aromatic N) is 5. The molecule has 1 aliphatic heterocycles. The zero-order valence-electron chi connectivity index (χ0n) is 16.0. The van der Waals surface area contributed by atoms with E-state index in [9.17, 15) is 5.11 Å². The first-order valence-corrected chi connectivity index (χ1v) is 9.67. The number of para-hydroxylation sites is 1. The Morgan fingerprint density at radius 3 is 2.48 bits per heavy atom. The Bertz CT molecular complexity index is 972. The summed E-state index contributed by atoms with van der Waals surface area (Å²) in [5.41, 5.74) is 4.55. The molecule has 1 saturated heterocycles. The highest BCUT2D eigenvalue weighted by Crippen LogP contribution is 2.20. The van der Waals surface area contributed by atoms with Crippen LogP contribution in [0.5, 0.6) is 5.75 Å². The normalized spacial score (nSPS) is 14.1. The van der Waals surface area contributed by atoms with Crippen LogP contribution in [0, 0.1) is 0 Å². The molecule has 0 radical (unpaired) electrons. The number of phenolic OH excluding ortho intramolecular Hbond substituents is 1. The van der Waals surface area contributed by atoms with Gasteiger partial charge in [-0.05, 0) is 49.1 Å². The minimum Gasteiger partial charge on any atom is -0.508 e. The highest BCUT2D eigenvalue weighted by Gasteiger charge is 2.16. The summed E-state index contributed by atoms with van der Waals surface area (Å²) in [6.07, 6.45) is 5.10. The van der Waals surface area contributed by atoms with Crippen LogP contribution < -0.4 is 15.6 Å². The molecule has 2 aromatic carbocycles. The summed E-state index contributed by atoms with van der Waals surface area (Å²) in [5, 5.41) is 17.0. The minimum absolute atomic E-state index is 0.191. The number of anilines is 4. The number of rotatable bonds is 6. The molecule has 0 aliphatic carbocycles. The van der Waals surface area contributed by atoms with E-state index in [2.05, 4.69) is 35.7 Å². The molecule has 1 fully saturated rings. The first-order valence-electron chi connectivity index (χ1n) is 9.67. The van der Waals surface area contributed by atoms with Gasteiger partial charge >= 0.3 is 0 Å². The zero-order valence-corrected chi connectivity index (χ0v) is 16.0. The molecule has 0 spiro atoms. The molecule has 0 unspecified atom stereocenters. The number of aromatic hydroxyl groups is 1. The molecule has 3 aromatic rings. The molecule has 8 nitrogen and oxygen atoms in total. The van der Waals surface area contributed by atoms with Gasteiger partial charge < -0.3 is 15.3 Å². The first kappa shape index (κ1) is 18.7. The first-order chi connectivity index (χ1) is 14.3. The lowest BCUT2D eigenvalue weighted by Crippen LogP contribution is -2.31. The van der Waals surface area contributed by atoms with Crippen molar-refractivity contribution in [2.24, 2.45) is 5.10 Å². The minimum atomic E-state index is 0.191. The Hall–Kier alpha value is -3.68. The van der Waals surface area contributed by atoms with Crippen molar-refractivity contribution in [1.82, 2.24) is 15.0 Å². The van der Waals surface area contributed by atoms with Crippen LogP contribution in [0.1, 0.15) is 24.8 Å². The monoisotopic (exact) mass is 389 g/mol. The van der Waals surface area contributed by atoms with E-state index < -0.39 is 0 Å². The number of hydrogen-bond donors (Lipinski definition) is 3. The van der Waals surface area contributed by atoms with Gasteiger partial charge in [-0.25, -0.2) is 5.43 Å². The number of phenols is 1. The molecule has 4 rings (SSSR count). The lowest BCUT2D eigenvalue weighted by Gasteiger charge is -2.26. The van der Waals surface area contributed by atoms with Crippen molar-refractivity contribution in [2.75, 3.05) is 28.7 Å². The molecule has 2 heterocycles. The summed E-state index contributed by atoms with van der Waals surface area (Å²) in [4.78, 5) is 15.7. The van der Waals surface area contributed by atoms with Crippen LogP contribution in [0.4, 0.5) is 23.5 Å². The summed E-state index contributed by atoms with van der Waals surface area (Å²) in [5.74, 6) is 1.64. The van der Waals surface area contributed by atoms with Gasteiger partial charge in [0.1, 0.15) is 5.75 Å². The average Bonchev–Trinajstić information content (AvgIpc) is 2.75. The van der Waals surface area contributed by atoms with Crippen molar-refractivity contribution >= 4 is 29.7 Å². The van der Waals surface area contributed by atoms with E-state index in [1.165, 1.54) is 6.42 Å². The molecule has 0 amide bonds. The van der Waals surface area contributed by atoms with E-state index in [1.54, 1.807) is 24.4 Å². The summed E-state index contributed by atoms with van der Waals surface area (Å²) in [6.45, 7) is 1.86. The summed E-state index contributed by atoms with van der Waals surface area (Å²) in [6, 6.07) is 16.6. The topological polar surface area (TPSA) is 98.6 Å². The largest absolute Gasteiger partial charge is 0.508 e. The molecule has 0 atom stereocenters. The lowest BCUT2D eigenvalue weighted by molar-refractivity contribution is 0.475. The van der Waals surface area contributed by atoms with Gasteiger partial charge in [-0.15, -0.1) is 0 Å². The number of hydrogen-bond acceptors (Lipinski definition) is 8. The summed E-state index contributed by atoms with van der Waals surface area (Å²) < 4.78 is 0. The quantitative estimate of drug-likeness (QED) is 0.436. The van der Waals surface area contributed by atoms with Crippen molar-refractivity contribution < 1.29 is 5.11 Å².